The number of unbranched alkanes of at least 4 members (excludes halogenated alkanes) is 5. The van der Waals surface area contributed by atoms with E-state index in [1.165, 1.54) is 44.6 Å². The molecule has 0 unspecified atom stereocenters. The maximum atomic E-state index is 10.5. The van der Waals surface area contributed by atoms with Gasteiger partial charge < -0.3 is 5.11 Å². The van der Waals surface area contributed by atoms with Crippen molar-refractivity contribution in [3.8, 4) is 5.75 Å². The molecule has 0 atom stereocenters. The molecule has 0 saturated carbocycles. The van der Waals surface area contributed by atoms with E-state index in [2.05, 4.69) is 13.8 Å². The maximum Gasteiger partial charge on any atom is 0.269 e. The van der Waals surface area contributed by atoms with Gasteiger partial charge in [-0.3, -0.25) is 4.55 Å². The van der Waals surface area contributed by atoms with E-state index in [4.69, 9.17) is 4.55 Å². The molecule has 4 nitrogen and oxygen atoms in total. The highest BCUT2D eigenvalue weighted by Gasteiger charge is 2.12. The van der Waals surface area contributed by atoms with E-state index in [-0.39, 0.29) is 11.3 Å². The van der Waals surface area contributed by atoms with E-state index in [0.717, 1.165) is 0 Å². The summed E-state index contributed by atoms with van der Waals surface area (Å²) in [5.74, 6) is -0.663. The van der Waals surface area contributed by atoms with Gasteiger partial charge in [0, 0.05) is 5.56 Å². The van der Waals surface area contributed by atoms with Gasteiger partial charge in [0.2, 0.25) is 0 Å². The summed E-state index contributed by atoms with van der Waals surface area (Å²) in [4.78, 5) is 0. The summed E-state index contributed by atoms with van der Waals surface area (Å²) in [5, 5.41) is 9.28. The van der Waals surface area contributed by atoms with Crippen LogP contribution in [0.4, 0.5) is 0 Å². The van der Waals surface area contributed by atoms with E-state index in [1.807, 2.05) is 0 Å². The van der Waals surface area contributed by atoms with Crippen molar-refractivity contribution in [1.82, 2.24) is 0 Å². The number of rotatable bonds is 7. The molecule has 1 aromatic rings. The molecule has 5 heteroatoms. The molecular weight excluding hydrogens is 288 g/mol. The second-order valence-corrected chi connectivity index (χ2v) is 6.67. The number of phenolic OH excluding ortho intramolecular Hbond substituents is 1. The number of benzene rings is 1. The molecule has 0 spiro atoms. The number of aromatic hydroxyl groups is 1. The molecule has 2 N–H and O–H groups in total. The van der Waals surface area contributed by atoms with Gasteiger partial charge in [0.1, 0.15) is 11.5 Å². The highest BCUT2D eigenvalue weighted by atomic mass is 32.2. The zero-order valence-electron chi connectivity index (χ0n) is 13.3. The van der Waals surface area contributed by atoms with Crippen LogP contribution in [0.3, 0.4) is 0 Å². The molecule has 122 valence electrons. The second kappa shape index (κ2) is 10.6. The van der Waals surface area contributed by atoms with Crippen molar-refractivity contribution in [2.24, 2.45) is 0 Å². The standard InChI is InChI=1S/C8H10O4S.C8H18/c1-6-3-2-4-8(9)7(6)5-13(10,11)12;1-3-5-7-8-6-4-2/h2-4,9H,5H2,1H3,(H,10,11,12);3-8H2,1-2H3. The summed E-state index contributed by atoms with van der Waals surface area (Å²) >= 11 is 0. The first-order valence-electron chi connectivity index (χ1n) is 7.54. The van der Waals surface area contributed by atoms with Crippen LogP contribution < -0.4 is 0 Å². The van der Waals surface area contributed by atoms with Crippen LogP contribution >= 0.6 is 0 Å². The summed E-state index contributed by atoms with van der Waals surface area (Å²) in [6.07, 6.45) is 8.49. The third kappa shape index (κ3) is 10.3. The largest absolute Gasteiger partial charge is 0.508 e. The lowest BCUT2D eigenvalue weighted by atomic mass is 10.1. The van der Waals surface area contributed by atoms with E-state index < -0.39 is 15.9 Å². The summed E-state index contributed by atoms with van der Waals surface area (Å²) in [5.41, 5.74) is 0.877. The van der Waals surface area contributed by atoms with Gasteiger partial charge >= 0.3 is 0 Å². The first kappa shape index (κ1) is 19.9. The van der Waals surface area contributed by atoms with Gasteiger partial charge in [-0.25, -0.2) is 0 Å². The lowest BCUT2D eigenvalue weighted by Crippen LogP contribution is -2.03. The second-order valence-electron chi connectivity index (χ2n) is 5.21. The molecule has 0 fully saturated rings. The fraction of sp³-hybridized carbons (Fsp3) is 0.625. The Bertz CT molecular complexity index is 469. The summed E-state index contributed by atoms with van der Waals surface area (Å²) in [6.45, 7) is 6.18. The first-order chi connectivity index (χ1) is 9.81. The predicted octanol–water partition coefficient (Wildman–Crippen LogP) is 4.46. The summed E-state index contributed by atoms with van der Waals surface area (Å²) in [6, 6.07) is 4.66. The molecule has 1 aromatic carbocycles. The third-order valence-electron chi connectivity index (χ3n) is 3.17. The van der Waals surface area contributed by atoms with Crippen molar-refractivity contribution in [1.29, 1.82) is 0 Å². The van der Waals surface area contributed by atoms with Gasteiger partial charge in [0.05, 0.1) is 0 Å². The van der Waals surface area contributed by atoms with Gasteiger partial charge in [0.25, 0.3) is 10.1 Å². The molecule has 0 amide bonds. The van der Waals surface area contributed by atoms with E-state index in [1.54, 1.807) is 19.1 Å². The molecule has 0 radical (unpaired) electrons. The topological polar surface area (TPSA) is 74.6 Å². The van der Waals surface area contributed by atoms with Gasteiger partial charge in [0.15, 0.2) is 0 Å². The third-order valence-corrected chi connectivity index (χ3v) is 3.82. The average Bonchev–Trinajstić information content (AvgIpc) is 2.39. The summed E-state index contributed by atoms with van der Waals surface area (Å²) < 4.78 is 29.7. The molecule has 0 aliphatic rings. The Hall–Kier alpha value is -1.07. The fourth-order valence-corrected chi connectivity index (χ4v) is 2.65. The monoisotopic (exact) mass is 316 g/mol. The lowest BCUT2D eigenvalue weighted by Gasteiger charge is -2.05. The zero-order valence-corrected chi connectivity index (χ0v) is 14.1. The van der Waals surface area contributed by atoms with Crippen molar-refractivity contribution in [3.63, 3.8) is 0 Å². The molecule has 0 saturated heterocycles. The van der Waals surface area contributed by atoms with Gasteiger partial charge in [-0.05, 0) is 18.6 Å². The van der Waals surface area contributed by atoms with Crippen LogP contribution in [-0.2, 0) is 15.9 Å². The van der Waals surface area contributed by atoms with Crippen LogP contribution in [-0.4, -0.2) is 18.1 Å². The zero-order chi connectivity index (χ0) is 16.3. The number of hydrogen-bond donors (Lipinski definition) is 2. The van der Waals surface area contributed by atoms with Crippen molar-refractivity contribution in [2.45, 2.75) is 65.0 Å². The molecule has 21 heavy (non-hydrogen) atoms. The van der Waals surface area contributed by atoms with Crippen molar-refractivity contribution in [2.75, 3.05) is 0 Å². The Morgan fingerprint density at radius 2 is 1.52 bits per heavy atom. The minimum Gasteiger partial charge on any atom is -0.508 e. The minimum atomic E-state index is -4.08. The van der Waals surface area contributed by atoms with Crippen molar-refractivity contribution >= 4 is 10.1 Å². The Morgan fingerprint density at radius 1 is 1.00 bits per heavy atom. The van der Waals surface area contributed by atoms with Crippen LogP contribution in [0, 0.1) is 6.92 Å². The SMILES string of the molecule is CCCCCCCC.Cc1cccc(O)c1CS(=O)(=O)O. The quantitative estimate of drug-likeness (QED) is 0.575. The molecular formula is C16H28O4S. The number of aryl methyl sites for hydroxylation is 1. The highest BCUT2D eigenvalue weighted by molar-refractivity contribution is 7.85. The molecule has 0 aromatic heterocycles. The van der Waals surface area contributed by atoms with Crippen LogP contribution in [0.25, 0.3) is 0 Å². The Balaban J connectivity index is 0.000000433. The molecule has 0 bridgehead atoms. The van der Waals surface area contributed by atoms with E-state index >= 15 is 0 Å². The summed E-state index contributed by atoms with van der Waals surface area (Å²) in [7, 11) is -4.08. The van der Waals surface area contributed by atoms with Gasteiger partial charge in [-0.15, -0.1) is 0 Å². The smallest absolute Gasteiger partial charge is 0.269 e. The minimum absolute atomic E-state index is 0.113. The first-order valence-corrected chi connectivity index (χ1v) is 9.15. The predicted molar refractivity (Wildman–Crippen MR) is 87.1 cm³/mol. The van der Waals surface area contributed by atoms with Gasteiger partial charge in [-0.2, -0.15) is 8.42 Å². The Kier molecular flexibility index (Phi) is 10.1. The fourth-order valence-electron chi connectivity index (χ4n) is 1.91. The molecule has 1 rings (SSSR count). The molecule has 0 aliphatic carbocycles. The number of hydrogen-bond acceptors (Lipinski definition) is 3. The van der Waals surface area contributed by atoms with E-state index in [9.17, 15) is 13.5 Å². The van der Waals surface area contributed by atoms with Crippen LogP contribution in [0.2, 0.25) is 0 Å². The van der Waals surface area contributed by atoms with Crippen molar-refractivity contribution in [3.05, 3.63) is 29.3 Å². The molecule has 0 aliphatic heterocycles. The van der Waals surface area contributed by atoms with Crippen LogP contribution in [0.15, 0.2) is 18.2 Å². The van der Waals surface area contributed by atoms with Gasteiger partial charge in [-0.1, -0.05) is 64.5 Å². The maximum absolute atomic E-state index is 10.5. The van der Waals surface area contributed by atoms with E-state index in [0.29, 0.717) is 5.56 Å². The van der Waals surface area contributed by atoms with Crippen LogP contribution in [0.5, 0.6) is 5.75 Å². The Labute approximate surface area is 129 Å². The number of phenols is 1. The Morgan fingerprint density at radius 3 is 1.90 bits per heavy atom. The van der Waals surface area contributed by atoms with Crippen LogP contribution in [0.1, 0.15) is 63.5 Å². The average molecular weight is 316 g/mol. The van der Waals surface area contributed by atoms with Crippen molar-refractivity contribution < 1.29 is 18.1 Å². The normalized spacial score (nSPS) is 10.9. The lowest BCUT2D eigenvalue weighted by molar-refractivity contribution is 0.461. The highest BCUT2D eigenvalue weighted by Crippen LogP contribution is 2.22. The molecule has 0 heterocycles.